The number of nitrogens with zero attached hydrogens (tertiary/aromatic N) is 1. The molecule has 3 rings (SSSR count). The fourth-order valence-electron chi connectivity index (χ4n) is 2.89. The zero-order valence-electron chi connectivity index (χ0n) is 14.3. The Balaban J connectivity index is 1.53. The molecule has 0 saturated carbocycles. The third-order valence-corrected chi connectivity index (χ3v) is 4.55. The maximum Gasteiger partial charge on any atom is 0.149 e. The summed E-state index contributed by atoms with van der Waals surface area (Å²) in [4.78, 5) is 16.1. The van der Waals surface area contributed by atoms with Gasteiger partial charge in [0.1, 0.15) is 11.6 Å². The molecule has 26 heavy (non-hydrogen) atoms. The van der Waals surface area contributed by atoms with Crippen molar-refractivity contribution in [2.75, 3.05) is 0 Å². The highest BCUT2D eigenvalue weighted by atomic mass is 35.5. The first-order valence-electron chi connectivity index (χ1n) is 8.57. The number of hydrogen-bond acceptors (Lipinski definition) is 2. The molecule has 0 radical (unpaired) electrons. The number of Topliss-reactive ketones (excluding diaryl/α,β-unsaturated/α-hetero) is 1. The van der Waals surface area contributed by atoms with Gasteiger partial charge < -0.3 is 0 Å². The normalized spacial score (nSPS) is 10.7. The quantitative estimate of drug-likeness (QED) is 0.538. The van der Waals surface area contributed by atoms with Gasteiger partial charge in [-0.25, -0.2) is 4.39 Å². The zero-order chi connectivity index (χ0) is 18.4. The largest absolute Gasteiger partial charge is 0.299 e. The highest BCUT2D eigenvalue weighted by Gasteiger charge is 2.08. The number of hydrogen-bond donors (Lipinski definition) is 0. The van der Waals surface area contributed by atoms with Crippen LogP contribution in [0.5, 0.6) is 0 Å². The van der Waals surface area contributed by atoms with Crippen LogP contribution in [0.2, 0.25) is 5.02 Å². The second-order valence-corrected chi connectivity index (χ2v) is 6.64. The van der Waals surface area contributed by atoms with Crippen LogP contribution < -0.4 is 0 Å². The lowest BCUT2D eigenvalue weighted by atomic mass is 10.00. The molecule has 0 unspecified atom stereocenters. The van der Waals surface area contributed by atoms with Gasteiger partial charge in [0, 0.05) is 30.8 Å². The monoisotopic (exact) mass is 367 g/mol. The molecule has 2 nitrogen and oxygen atoms in total. The van der Waals surface area contributed by atoms with Crippen molar-refractivity contribution in [3.05, 3.63) is 89.0 Å². The first kappa shape index (κ1) is 18.3. The van der Waals surface area contributed by atoms with E-state index in [1.807, 2.05) is 36.4 Å². The van der Waals surface area contributed by atoms with E-state index in [-0.39, 0.29) is 10.8 Å². The lowest BCUT2D eigenvalue weighted by molar-refractivity contribution is -0.118. The number of carbonyl (C=O) groups is 1. The second-order valence-electron chi connectivity index (χ2n) is 6.23. The molecule has 0 fully saturated rings. The number of benzene rings is 2. The van der Waals surface area contributed by atoms with Crippen molar-refractivity contribution in [2.24, 2.45) is 0 Å². The molecule has 0 N–H and O–H groups in total. The van der Waals surface area contributed by atoms with Gasteiger partial charge in [0.15, 0.2) is 0 Å². The van der Waals surface area contributed by atoms with Crippen molar-refractivity contribution < 1.29 is 9.18 Å². The smallest absolute Gasteiger partial charge is 0.149 e. The molecule has 0 aliphatic rings. The van der Waals surface area contributed by atoms with Crippen LogP contribution in [0.25, 0.3) is 11.1 Å². The average Bonchev–Trinajstić information content (AvgIpc) is 2.65. The highest BCUT2D eigenvalue weighted by Crippen LogP contribution is 2.27. The number of halogens is 2. The van der Waals surface area contributed by atoms with Crippen molar-refractivity contribution in [1.29, 1.82) is 0 Å². The summed E-state index contributed by atoms with van der Waals surface area (Å²) in [5, 5.41) is 0.124. The van der Waals surface area contributed by atoms with Gasteiger partial charge >= 0.3 is 0 Å². The van der Waals surface area contributed by atoms with Crippen LogP contribution in [0.15, 0.2) is 67.0 Å². The Hall–Kier alpha value is -2.52. The predicted molar refractivity (Wildman–Crippen MR) is 103 cm³/mol. The number of aryl methyl sites for hydroxylation is 1. The van der Waals surface area contributed by atoms with Crippen molar-refractivity contribution in [3.8, 4) is 11.1 Å². The highest BCUT2D eigenvalue weighted by molar-refractivity contribution is 6.31. The molecule has 0 aliphatic carbocycles. The van der Waals surface area contributed by atoms with E-state index in [4.69, 9.17) is 11.6 Å². The molecular formula is C22H19ClFNO. The van der Waals surface area contributed by atoms with E-state index < -0.39 is 5.82 Å². The molecule has 1 aromatic heterocycles. The number of carbonyl (C=O) groups excluding carboxylic acids is 1. The van der Waals surface area contributed by atoms with E-state index in [2.05, 4.69) is 4.98 Å². The van der Waals surface area contributed by atoms with Gasteiger partial charge in [-0.15, -0.1) is 0 Å². The summed E-state index contributed by atoms with van der Waals surface area (Å²) in [6, 6.07) is 16.5. The van der Waals surface area contributed by atoms with Gasteiger partial charge in [0.2, 0.25) is 0 Å². The van der Waals surface area contributed by atoms with Crippen molar-refractivity contribution in [2.45, 2.75) is 25.7 Å². The van der Waals surface area contributed by atoms with Crippen molar-refractivity contribution >= 4 is 17.4 Å². The predicted octanol–water partition coefficient (Wildman–Crippen LogP) is 5.68. The molecule has 0 amide bonds. The molecule has 0 atom stereocenters. The third kappa shape index (κ3) is 4.77. The van der Waals surface area contributed by atoms with Crippen LogP contribution in [0.3, 0.4) is 0 Å². The number of ketones is 1. The summed E-state index contributed by atoms with van der Waals surface area (Å²) in [5.41, 5.74) is 3.37. The summed E-state index contributed by atoms with van der Waals surface area (Å²) in [5.74, 6) is -0.182. The van der Waals surface area contributed by atoms with Crippen LogP contribution in [-0.2, 0) is 17.6 Å². The van der Waals surface area contributed by atoms with E-state index in [0.29, 0.717) is 18.4 Å². The first-order valence-corrected chi connectivity index (χ1v) is 8.95. The minimum Gasteiger partial charge on any atom is -0.299 e. The molecule has 0 spiro atoms. The molecule has 2 aromatic carbocycles. The topological polar surface area (TPSA) is 30.0 Å². The lowest BCUT2D eigenvalue weighted by Crippen LogP contribution is -2.03. The second kappa shape index (κ2) is 8.72. The number of rotatable bonds is 7. The maximum absolute atomic E-state index is 14.1. The van der Waals surface area contributed by atoms with Crippen molar-refractivity contribution in [1.82, 2.24) is 4.98 Å². The van der Waals surface area contributed by atoms with Crippen LogP contribution in [0, 0.1) is 5.82 Å². The Bertz CT molecular complexity index is 878. The molecule has 0 bridgehead atoms. The fourth-order valence-corrected chi connectivity index (χ4v) is 3.06. The summed E-state index contributed by atoms with van der Waals surface area (Å²) in [6.45, 7) is 0. The zero-order valence-corrected chi connectivity index (χ0v) is 15.0. The van der Waals surface area contributed by atoms with E-state index >= 15 is 0 Å². The van der Waals surface area contributed by atoms with Gasteiger partial charge in [-0.2, -0.15) is 0 Å². The summed E-state index contributed by atoms with van der Waals surface area (Å²) in [6.07, 6.45) is 6.01. The Morgan fingerprint density at radius 2 is 1.81 bits per heavy atom. The third-order valence-electron chi connectivity index (χ3n) is 4.26. The standard InChI is InChI=1S/C22H19ClFNO/c23-21-8-2-7-20(22(21)24)18-11-9-16(10-12-18)4-1-6-19(26)14-17-5-3-13-25-15-17/h2-3,5,7-13,15H,1,4,6,14H2. The van der Waals surface area contributed by atoms with Gasteiger partial charge in [0.25, 0.3) is 0 Å². The maximum atomic E-state index is 14.1. The Morgan fingerprint density at radius 1 is 1.00 bits per heavy atom. The van der Waals surface area contributed by atoms with Gasteiger partial charge in [-0.3, -0.25) is 9.78 Å². The van der Waals surface area contributed by atoms with Crippen LogP contribution in [0.1, 0.15) is 24.0 Å². The number of pyridine rings is 1. The molecule has 0 aliphatic heterocycles. The number of aromatic nitrogens is 1. The van der Waals surface area contributed by atoms with Crippen molar-refractivity contribution in [3.63, 3.8) is 0 Å². The molecule has 1 heterocycles. The summed E-state index contributed by atoms with van der Waals surface area (Å²) in [7, 11) is 0. The minimum atomic E-state index is -0.400. The van der Waals surface area contributed by atoms with Gasteiger partial charge in [-0.1, -0.05) is 54.1 Å². The first-order chi connectivity index (χ1) is 12.6. The van der Waals surface area contributed by atoms with Crippen LogP contribution in [0.4, 0.5) is 4.39 Å². The Morgan fingerprint density at radius 3 is 2.54 bits per heavy atom. The molecule has 0 saturated heterocycles. The van der Waals surface area contributed by atoms with Crippen LogP contribution in [-0.4, -0.2) is 10.8 Å². The SMILES string of the molecule is O=C(CCCc1ccc(-c2cccc(Cl)c2F)cc1)Cc1cccnc1. The lowest BCUT2D eigenvalue weighted by Gasteiger charge is -2.07. The molecular weight excluding hydrogens is 349 g/mol. The molecule has 3 aromatic rings. The van der Waals surface area contributed by atoms with E-state index in [0.717, 1.165) is 29.5 Å². The summed E-state index contributed by atoms with van der Waals surface area (Å²) < 4.78 is 14.1. The van der Waals surface area contributed by atoms with E-state index in [9.17, 15) is 9.18 Å². The molecule has 4 heteroatoms. The van der Waals surface area contributed by atoms with Crippen LogP contribution >= 0.6 is 11.6 Å². The van der Waals surface area contributed by atoms with E-state index in [1.165, 1.54) is 6.07 Å². The molecule has 132 valence electrons. The van der Waals surface area contributed by atoms with Gasteiger partial charge in [0.05, 0.1) is 5.02 Å². The van der Waals surface area contributed by atoms with E-state index in [1.54, 1.807) is 24.5 Å². The average molecular weight is 368 g/mol. The minimum absolute atomic E-state index is 0.124. The van der Waals surface area contributed by atoms with Gasteiger partial charge in [-0.05, 0) is 41.7 Å². The fraction of sp³-hybridized carbons (Fsp3) is 0.182. The Kier molecular flexibility index (Phi) is 6.13. The summed E-state index contributed by atoms with van der Waals surface area (Å²) >= 11 is 5.84. The Labute approximate surface area is 157 Å².